The minimum atomic E-state index is -0.862. The maximum Gasteiger partial charge on any atom is 0.295 e. The van der Waals surface area contributed by atoms with Crippen LogP contribution in [0.15, 0.2) is 42.0 Å². The lowest BCUT2D eigenvalue weighted by atomic mass is 9.94. The van der Waals surface area contributed by atoms with Crippen LogP contribution >= 0.6 is 11.6 Å². The monoisotopic (exact) mass is 461 g/mol. The summed E-state index contributed by atoms with van der Waals surface area (Å²) in [5.74, 6) is -1.46. The zero-order valence-corrected chi connectivity index (χ0v) is 18.7. The van der Waals surface area contributed by atoms with Gasteiger partial charge in [-0.15, -0.1) is 0 Å². The topological polar surface area (TPSA) is 106 Å². The number of aliphatic hydroxyl groups is 1. The number of aromatic hydroxyl groups is 1. The molecule has 2 aromatic rings. The van der Waals surface area contributed by atoms with Crippen molar-refractivity contribution in [2.45, 2.75) is 12.5 Å². The first-order valence-corrected chi connectivity index (χ1v) is 10.2. The molecule has 0 spiro atoms. The van der Waals surface area contributed by atoms with Crippen LogP contribution in [0.2, 0.25) is 5.02 Å². The SMILES string of the molecule is COCCCN1C(=O)C(=O)/C(=C(/O)c2cc(OC)c(Cl)cc2OC)C1c1ccc(O)cc1. The molecule has 1 amide bonds. The number of likely N-dealkylation sites (tertiary alicyclic amines) is 1. The number of hydrogen-bond acceptors (Lipinski definition) is 7. The molecular weight excluding hydrogens is 438 g/mol. The molecule has 1 saturated heterocycles. The lowest BCUT2D eigenvalue weighted by molar-refractivity contribution is -0.140. The largest absolute Gasteiger partial charge is 0.508 e. The highest BCUT2D eigenvalue weighted by molar-refractivity contribution is 6.46. The molecular formula is C23H24ClNO7. The van der Waals surface area contributed by atoms with Crippen molar-refractivity contribution in [3.05, 3.63) is 58.1 Å². The maximum atomic E-state index is 13.0. The van der Waals surface area contributed by atoms with E-state index < -0.39 is 23.5 Å². The molecule has 1 aliphatic rings. The quantitative estimate of drug-likeness (QED) is 0.268. The number of methoxy groups -OCH3 is 3. The number of ether oxygens (including phenoxy) is 3. The standard InChI is InChI=1S/C23H24ClNO7/c1-30-10-4-9-25-20(13-5-7-14(26)8-6-13)19(22(28)23(25)29)21(27)15-11-18(32-3)16(24)12-17(15)31-2/h5-8,11-12,20,26-27H,4,9-10H2,1-3H3/b21-19+. The third kappa shape index (κ3) is 4.37. The summed E-state index contributed by atoms with van der Waals surface area (Å²) in [4.78, 5) is 27.3. The predicted octanol–water partition coefficient (Wildman–Crippen LogP) is 3.52. The first-order valence-electron chi connectivity index (χ1n) is 9.82. The Labute approximate surface area is 190 Å². The number of carbonyl (C=O) groups excluding carboxylic acids is 2. The highest BCUT2D eigenvalue weighted by atomic mass is 35.5. The fourth-order valence-electron chi connectivity index (χ4n) is 3.68. The Morgan fingerprint density at radius 2 is 1.72 bits per heavy atom. The second-order valence-electron chi connectivity index (χ2n) is 7.12. The van der Waals surface area contributed by atoms with Crippen molar-refractivity contribution >= 4 is 29.1 Å². The van der Waals surface area contributed by atoms with Crippen LogP contribution in [0, 0.1) is 0 Å². The van der Waals surface area contributed by atoms with E-state index in [1.807, 2.05) is 0 Å². The Hall–Kier alpha value is -3.23. The Morgan fingerprint density at radius 3 is 2.31 bits per heavy atom. The molecule has 0 aromatic heterocycles. The molecule has 1 fully saturated rings. The van der Waals surface area contributed by atoms with Crippen molar-refractivity contribution in [2.24, 2.45) is 0 Å². The van der Waals surface area contributed by atoms with Crippen molar-refractivity contribution in [3.8, 4) is 17.2 Å². The molecule has 1 aliphatic heterocycles. The van der Waals surface area contributed by atoms with E-state index in [2.05, 4.69) is 0 Å². The van der Waals surface area contributed by atoms with Crippen LogP contribution < -0.4 is 9.47 Å². The Morgan fingerprint density at radius 1 is 1.06 bits per heavy atom. The first-order chi connectivity index (χ1) is 15.3. The molecule has 0 bridgehead atoms. The van der Waals surface area contributed by atoms with Gasteiger partial charge in [-0.3, -0.25) is 9.59 Å². The molecule has 1 atom stereocenters. The van der Waals surface area contributed by atoms with Crippen molar-refractivity contribution in [2.75, 3.05) is 34.5 Å². The highest BCUT2D eigenvalue weighted by Crippen LogP contribution is 2.43. The van der Waals surface area contributed by atoms with E-state index in [-0.39, 0.29) is 40.0 Å². The molecule has 0 aliphatic carbocycles. The van der Waals surface area contributed by atoms with Gasteiger partial charge in [-0.2, -0.15) is 0 Å². The summed E-state index contributed by atoms with van der Waals surface area (Å²) in [5.41, 5.74) is 0.620. The fraction of sp³-hybridized carbons (Fsp3) is 0.304. The predicted molar refractivity (Wildman–Crippen MR) is 118 cm³/mol. The molecule has 2 aromatic carbocycles. The van der Waals surface area contributed by atoms with Crippen LogP contribution in [-0.2, 0) is 14.3 Å². The summed E-state index contributed by atoms with van der Waals surface area (Å²) < 4.78 is 15.6. The van der Waals surface area contributed by atoms with Crippen LogP contribution in [0.4, 0.5) is 0 Å². The normalized spacial score (nSPS) is 17.6. The molecule has 0 saturated carbocycles. The van der Waals surface area contributed by atoms with Gasteiger partial charge < -0.3 is 29.3 Å². The van der Waals surface area contributed by atoms with E-state index in [0.717, 1.165) is 0 Å². The van der Waals surface area contributed by atoms with Gasteiger partial charge in [-0.1, -0.05) is 23.7 Å². The molecule has 3 rings (SSSR count). The van der Waals surface area contributed by atoms with Gasteiger partial charge in [-0.05, 0) is 30.2 Å². The molecule has 170 valence electrons. The summed E-state index contributed by atoms with van der Waals surface area (Å²) in [6, 6.07) is 8.15. The van der Waals surface area contributed by atoms with Gasteiger partial charge in [0.15, 0.2) is 0 Å². The van der Waals surface area contributed by atoms with Gasteiger partial charge in [0, 0.05) is 26.3 Å². The summed E-state index contributed by atoms with van der Waals surface area (Å²) in [7, 11) is 4.37. The van der Waals surface area contributed by atoms with Gasteiger partial charge in [0.1, 0.15) is 23.0 Å². The van der Waals surface area contributed by atoms with E-state index in [1.165, 1.54) is 43.4 Å². The number of amides is 1. The fourth-order valence-corrected chi connectivity index (χ4v) is 3.91. The van der Waals surface area contributed by atoms with Gasteiger partial charge in [0.2, 0.25) is 0 Å². The first kappa shape index (κ1) is 23.4. The number of aliphatic hydroxyl groups excluding tert-OH is 1. The molecule has 1 heterocycles. The van der Waals surface area contributed by atoms with E-state index in [9.17, 15) is 19.8 Å². The minimum Gasteiger partial charge on any atom is -0.508 e. The third-order valence-corrected chi connectivity index (χ3v) is 5.52. The molecule has 32 heavy (non-hydrogen) atoms. The number of rotatable bonds is 8. The van der Waals surface area contributed by atoms with E-state index in [4.69, 9.17) is 25.8 Å². The number of benzene rings is 2. The van der Waals surface area contributed by atoms with Gasteiger partial charge >= 0.3 is 0 Å². The van der Waals surface area contributed by atoms with Gasteiger partial charge in [-0.25, -0.2) is 0 Å². The minimum absolute atomic E-state index is 0.0363. The zero-order chi connectivity index (χ0) is 23.4. The Kier molecular flexibility index (Phi) is 7.27. The van der Waals surface area contributed by atoms with Crippen LogP contribution in [0.3, 0.4) is 0 Å². The van der Waals surface area contributed by atoms with Crippen molar-refractivity contribution in [1.29, 1.82) is 0 Å². The number of phenolic OH excluding ortho intramolecular Hbond substituents is 1. The average molecular weight is 462 g/mol. The summed E-state index contributed by atoms with van der Waals surface area (Å²) in [6.07, 6.45) is 0.496. The van der Waals surface area contributed by atoms with Crippen molar-refractivity contribution in [3.63, 3.8) is 0 Å². The van der Waals surface area contributed by atoms with Crippen molar-refractivity contribution < 1.29 is 34.0 Å². The number of ketones is 1. The molecule has 8 nitrogen and oxygen atoms in total. The number of hydrogen-bond donors (Lipinski definition) is 2. The van der Waals surface area contributed by atoms with Gasteiger partial charge in [0.25, 0.3) is 11.7 Å². The summed E-state index contributed by atoms with van der Waals surface area (Å²) in [6.45, 7) is 0.634. The number of carbonyl (C=O) groups is 2. The second kappa shape index (κ2) is 9.93. The van der Waals surface area contributed by atoms with Crippen LogP contribution in [-0.4, -0.2) is 61.3 Å². The zero-order valence-electron chi connectivity index (χ0n) is 17.9. The maximum absolute atomic E-state index is 13.0. The molecule has 0 radical (unpaired) electrons. The van der Waals surface area contributed by atoms with E-state index in [0.29, 0.717) is 18.6 Å². The third-order valence-electron chi connectivity index (χ3n) is 5.23. The summed E-state index contributed by atoms with van der Waals surface area (Å²) in [5, 5.41) is 21.2. The van der Waals surface area contributed by atoms with Crippen molar-refractivity contribution in [1.82, 2.24) is 4.90 Å². The Bertz CT molecular complexity index is 1050. The van der Waals surface area contributed by atoms with Gasteiger partial charge in [0.05, 0.1) is 36.4 Å². The second-order valence-corrected chi connectivity index (χ2v) is 7.52. The average Bonchev–Trinajstić information content (AvgIpc) is 3.04. The number of Topliss-reactive ketones (excluding diaryl/α,β-unsaturated/α-hetero) is 1. The Balaban J connectivity index is 2.21. The number of halogens is 1. The lowest BCUT2D eigenvalue weighted by Gasteiger charge is -2.25. The van der Waals surface area contributed by atoms with Crippen LogP contribution in [0.25, 0.3) is 5.76 Å². The van der Waals surface area contributed by atoms with Crippen LogP contribution in [0.1, 0.15) is 23.6 Å². The summed E-state index contributed by atoms with van der Waals surface area (Å²) >= 11 is 6.16. The van der Waals surface area contributed by atoms with Crippen LogP contribution in [0.5, 0.6) is 17.2 Å². The molecule has 1 unspecified atom stereocenters. The van der Waals surface area contributed by atoms with E-state index >= 15 is 0 Å². The lowest BCUT2D eigenvalue weighted by Crippen LogP contribution is -2.31. The van der Waals surface area contributed by atoms with E-state index in [1.54, 1.807) is 19.2 Å². The molecule has 9 heteroatoms. The highest BCUT2D eigenvalue weighted by Gasteiger charge is 2.46. The smallest absolute Gasteiger partial charge is 0.295 e. The molecule has 2 N–H and O–H groups in total. The number of nitrogens with zero attached hydrogens (tertiary/aromatic N) is 1. The number of phenols is 1.